The largest absolute Gasteiger partial charge is 0.459 e. The molecule has 5 rings (SSSR count). The summed E-state index contributed by atoms with van der Waals surface area (Å²) >= 11 is 1.66. The summed E-state index contributed by atoms with van der Waals surface area (Å²) in [5.41, 5.74) is 3.38. The normalized spacial score (nSPS) is 20.0. The van der Waals surface area contributed by atoms with Crippen LogP contribution in [0, 0.1) is 5.92 Å². The Morgan fingerprint density at radius 2 is 2.34 bits per heavy atom. The lowest BCUT2D eigenvalue weighted by molar-refractivity contribution is -0.395. The van der Waals surface area contributed by atoms with Gasteiger partial charge in [-0.1, -0.05) is 19.1 Å². The first-order valence-electron chi connectivity index (χ1n) is 11.8. The Morgan fingerprint density at radius 1 is 1.43 bits per heavy atom. The van der Waals surface area contributed by atoms with Crippen molar-refractivity contribution in [1.29, 1.82) is 0 Å². The van der Waals surface area contributed by atoms with Gasteiger partial charge >= 0.3 is 6.01 Å². The minimum absolute atomic E-state index is 0.163. The molecule has 1 N–H and O–H groups in total. The fourth-order valence-electron chi connectivity index (χ4n) is 4.48. The first-order valence-corrected chi connectivity index (χ1v) is 12.6. The molecule has 3 aliphatic rings. The number of hydrogen-bond acceptors (Lipinski definition) is 8. The summed E-state index contributed by atoms with van der Waals surface area (Å²) in [5.74, 6) is 0.313. The van der Waals surface area contributed by atoms with E-state index in [4.69, 9.17) is 14.7 Å². The van der Waals surface area contributed by atoms with Crippen LogP contribution in [0.5, 0.6) is 6.01 Å². The number of hydrogen-bond donors (Lipinski definition) is 1. The third-order valence-corrected chi connectivity index (χ3v) is 7.15. The van der Waals surface area contributed by atoms with E-state index in [1.807, 2.05) is 29.3 Å². The molecule has 2 aliphatic heterocycles. The van der Waals surface area contributed by atoms with E-state index < -0.39 is 0 Å². The zero-order chi connectivity index (χ0) is 24.2. The maximum absolute atomic E-state index is 6.05. The van der Waals surface area contributed by atoms with Crippen molar-refractivity contribution in [2.45, 2.75) is 19.3 Å². The van der Waals surface area contributed by atoms with Crippen molar-refractivity contribution in [2.75, 3.05) is 33.4 Å². The number of fused-ring (bicyclic) bond motifs is 1. The Balaban J connectivity index is 1.32. The Hall–Kier alpha value is -3.59. The van der Waals surface area contributed by atoms with Crippen molar-refractivity contribution in [3.63, 3.8) is 0 Å². The van der Waals surface area contributed by atoms with E-state index in [0.29, 0.717) is 18.5 Å². The SMILES string of the molecule is C=[N+]1C=c2nc(C(C=NC)c3ccnc(OCC4=CC(C)CC(CN5C=CNC5)=C4)n3)sc2=CC1. The summed E-state index contributed by atoms with van der Waals surface area (Å²) in [6, 6.07) is 2.26. The zero-order valence-electron chi connectivity index (χ0n) is 20.1. The van der Waals surface area contributed by atoms with E-state index in [0.717, 1.165) is 52.3 Å². The zero-order valence-corrected chi connectivity index (χ0v) is 20.9. The molecule has 0 bridgehead atoms. The molecule has 0 saturated carbocycles. The number of nitrogens with zero attached hydrogens (tertiary/aromatic N) is 6. The molecule has 0 spiro atoms. The second kappa shape index (κ2) is 10.4. The minimum Gasteiger partial charge on any atom is -0.459 e. The molecular formula is C26H30N7OS+. The van der Waals surface area contributed by atoms with Gasteiger partial charge in [-0.2, -0.15) is 4.98 Å². The van der Waals surface area contributed by atoms with Crippen molar-refractivity contribution in [3.8, 4) is 6.01 Å². The summed E-state index contributed by atoms with van der Waals surface area (Å²) in [6.07, 6.45) is 17.4. The van der Waals surface area contributed by atoms with Gasteiger partial charge in [0.1, 0.15) is 23.7 Å². The molecule has 0 fully saturated rings. The highest BCUT2D eigenvalue weighted by atomic mass is 32.1. The second-order valence-corrected chi connectivity index (χ2v) is 10.1. The van der Waals surface area contributed by atoms with Crippen LogP contribution < -0.4 is 19.9 Å². The van der Waals surface area contributed by atoms with Gasteiger partial charge in [-0.05, 0) is 35.6 Å². The molecule has 4 heterocycles. The van der Waals surface area contributed by atoms with Gasteiger partial charge in [0.2, 0.25) is 0 Å². The lowest BCUT2D eigenvalue weighted by Gasteiger charge is -2.23. The van der Waals surface area contributed by atoms with E-state index in [-0.39, 0.29) is 5.92 Å². The smallest absolute Gasteiger partial charge is 0.316 e. The summed E-state index contributed by atoms with van der Waals surface area (Å²) in [5, 5.41) is 5.10. The second-order valence-electron chi connectivity index (χ2n) is 8.99. The number of nitrogens with one attached hydrogen (secondary N) is 1. The Labute approximate surface area is 209 Å². The Bertz CT molecular complexity index is 1350. The van der Waals surface area contributed by atoms with Crippen molar-refractivity contribution >= 4 is 36.5 Å². The maximum atomic E-state index is 6.05. The van der Waals surface area contributed by atoms with E-state index in [1.54, 1.807) is 24.6 Å². The predicted molar refractivity (Wildman–Crippen MR) is 140 cm³/mol. The molecule has 180 valence electrons. The van der Waals surface area contributed by atoms with Gasteiger partial charge in [0.05, 0.1) is 22.8 Å². The van der Waals surface area contributed by atoms with Gasteiger partial charge in [-0.25, -0.2) is 14.5 Å². The molecule has 35 heavy (non-hydrogen) atoms. The highest BCUT2D eigenvalue weighted by molar-refractivity contribution is 7.09. The molecule has 1 aliphatic carbocycles. The average Bonchev–Trinajstić information content (AvgIpc) is 3.50. The van der Waals surface area contributed by atoms with Crippen LogP contribution >= 0.6 is 11.3 Å². The van der Waals surface area contributed by atoms with Crippen molar-refractivity contribution in [2.24, 2.45) is 10.9 Å². The van der Waals surface area contributed by atoms with Gasteiger partial charge in [-0.15, -0.1) is 11.3 Å². The number of aliphatic imine (C=N–C) groups is 1. The van der Waals surface area contributed by atoms with Gasteiger partial charge in [0.15, 0.2) is 12.7 Å². The molecular weight excluding hydrogens is 458 g/mol. The monoisotopic (exact) mass is 488 g/mol. The van der Waals surface area contributed by atoms with Gasteiger partial charge in [0, 0.05) is 38.4 Å². The first-order chi connectivity index (χ1) is 17.1. The number of aromatic nitrogens is 3. The number of rotatable bonds is 8. The van der Waals surface area contributed by atoms with Crippen LogP contribution in [0.3, 0.4) is 0 Å². The molecule has 0 saturated heterocycles. The quantitative estimate of drug-likeness (QED) is 0.450. The van der Waals surface area contributed by atoms with Crippen LogP contribution in [0.15, 0.2) is 53.0 Å². The van der Waals surface area contributed by atoms with Crippen molar-refractivity contribution in [3.05, 3.63) is 68.5 Å². The molecule has 2 aromatic rings. The van der Waals surface area contributed by atoms with Crippen LogP contribution in [0.4, 0.5) is 0 Å². The predicted octanol–water partition coefficient (Wildman–Crippen LogP) is 1.62. The summed E-state index contributed by atoms with van der Waals surface area (Å²) in [4.78, 5) is 20.5. The lowest BCUT2D eigenvalue weighted by Crippen LogP contribution is -2.29. The standard InChI is InChI=1S/C26H30N7OS/c1-18-10-19(14-33-9-7-28-17-33)12-20(11-18)16-34-26-29-6-4-22(31-26)21(13-27-2)25-30-23-15-32(3)8-5-24(23)35-25/h4-7,9,11-13,15,18,21,28H,3,8,10,14,16-17H2,1-2H3/q+1. The van der Waals surface area contributed by atoms with Crippen LogP contribution in [0.2, 0.25) is 0 Å². The van der Waals surface area contributed by atoms with Crippen LogP contribution in [-0.4, -0.2) is 70.8 Å². The number of allylic oxidation sites excluding steroid dienone is 1. The van der Waals surface area contributed by atoms with E-state index >= 15 is 0 Å². The third kappa shape index (κ3) is 5.57. The minimum atomic E-state index is -0.163. The maximum Gasteiger partial charge on any atom is 0.316 e. The molecule has 9 heteroatoms. The molecule has 0 aromatic carbocycles. The van der Waals surface area contributed by atoms with Crippen LogP contribution in [0.25, 0.3) is 12.3 Å². The van der Waals surface area contributed by atoms with E-state index in [1.165, 1.54) is 5.57 Å². The molecule has 0 radical (unpaired) electrons. The Kier molecular flexibility index (Phi) is 6.85. The molecule has 8 nitrogen and oxygen atoms in total. The first kappa shape index (κ1) is 23.2. The fraction of sp³-hybridized carbons (Fsp3) is 0.346. The van der Waals surface area contributed by atoms with E-state index in [9.17, 15) is 0 Å². The summed E-state index contributed by atoms with van der Waals surface area (Å²) in [7, 11) is 1.77. The highest BCUT2D eigenvalue weighted by Crippen LogP contribution is 2.25. The van der Waals surface area contributed by atoms with Crippen LogP contribution in [-0.2, 0) is 0 Å². The van der Waals surface area contributed by atoms with Gasteiger partial charge in [-0.3, -0.25) is 4.99 Å². The van der Waals surface area contributed by atoms with E-state index in [2.05, 4.69) is 58.3 Å². The topological polar surface area (TPSA) is 78.5 Å². The molecule has 2 atom stereocenters. The third-order valence-electron chi connectivity index (χ3n) is 6.00. The molecule has 2 aromatic heterocycles. The van der Waals surface area contributed by atoms with Crippen LogP contribution in [0.1, 0.15) is 30.0 Å². The molecule has 0 amide bonds. The van der Waals surface area contributed by atoms with Crippen molar-refractivity contribution in [1.82, 2.24) is 25.2 Å². The van der Waals surface area contributed by atoms with Crippen molar-refractivity contribution < 1.29 is 9.31 Å². The molecule has 2 unspecified atom stereocenters. The lowest BCUT2D eigenvalue weighted by atomic mass is 9.91. The van der Waals surface area contributed by atoms with Gasteiger partial charge < -0.3 is 15.0 Å². The number of ether oxygens (including phenoxy) is 1. The summed E-state index contributed by atoms with van der Waals surface area (Å²) in [6.45, 7) is 9.22. The summed E-state index contributed by atoms with van der Waals surface area (Å²) < 4.78 is 9.08. The number of thiazole rings is 1. The highest BCUT2D eigenvalue weighted by Gasteiger charge is 2.20. The average molecular weight is 489 g/mol. The van der Waals surface area contributed by atoms with Gasteiger partial charge in [0.25, 0.3) is 0 Å². The fourth-order valence-corrected chi connectivity index (χ4v) is 5.52. The Morgan fingerprint density at radius 3 is 3.17 bits per heavy atom.